The lowest BCUT2D eigenvalue weighted by molar-refractivity contribution is 0.151. The summed E-state index contributed by atoms with van der Waals surface area (Å²) in [4.78, 5) is 0.0783. The van der Waals surface area contributed by atoms with E-state index in [1.807, 2.05) is 0 Å². The van der Waals surface area contributed by atoms with E-state index >= 15 is 0 Å². The second-order valence-electron chi connectivity index (χ2n) is 7.33. The smallest absolute Gasteiger partial charge is 0.263 e. The number of aromatic nitrogens is 1. The Morgan fingerprint density at radius 3 is 2.52 bits per heavy atom. The first-order chi connectivity index (χ1) is 14.6. The molecule has 0 aliphatic rings. The Hall–Kier alpha value is -2.62. The van der Waals surface area contributed by atoms with E-state index in [4.69, 9.17) is 5.73 Å². The number of rotatable bonds is 7. The van der Waals surface area contributed by atoms with Gasteiger partial charge in [-0.15, -0.1) is 0 Å². The van der Waals surface area contributed by atoms with E-state index in [0.717, 1.165) is 4.31 Å². The molecule has 0 aliphatic heterocycles. The molecule has 9 heteroatoms. The molecule has 0 fully saturated rings. The number of benzene rings is 2. The fraction of sp³-hybridized carbons (Fsp3) is 0.273. The molecule has 0 amide bonds. The lowest BCUT2D eigenvalue weighted by Gasteiger charge is -2.13. The van der Waals surface area contributed by atoms with Gasteiger partial charge >= 0.3 is 0 Å². The predicted molar refractivity (Wildman–Crippen MR) is 116 cm³/mol. The van der Waals surface area contributed by atoms with Crippen molar-refractivity contribution in [3.63, 3.8) is 0 Å². The zero-order valence-electron chi connectivity index (χ0n) is 17.4. The van der Waals surface area contributed by atoms with E-state index in [-0.39, 0.29) is 23.5 Å². The molecule has 1 heterocycles. The minimum absolute atomic E-state index is 0.0386. The van der Waals surface area contributed by atoms with Crippen LogP contribution >= 0.6 is 0 Å². The average molecular weight is 452 g/mol. The lowest BCUT2D eigenvalue weighted by atomic mass is 10.0. The lowest BCUT2D eigenvalue weighted by Crippen LogP contribution is -2.22. The van der Waals surface area contributed by atoms with Crippen LogP contribution in [0.3, 0.4) is 0 Å². The summed E-state index contributed by atoms with van der Waals surface area (Å²) < 4.78 is 69.0. The van der Waals surface area contributed by atoms with Crippen molar-refractivity contribution >= 4 is 20.9 Å². The highest BCUT2D eigenvalue weighted by atomic mass is 32.2. The second-order valence-corrected chi connectivity index (χ2v) is 9.48. The Morgan fingerprint density at radius 2 is 1.90 bits per heavy atom. The molecule has 2 aromatic carbocycles. The molecule has 3 rings (SSSR count). The second kappa shape index (κ2) is 8.86. The maximum Gasteiger partial charge on any atom is 0.263 e. The van der Waals surface area contributed by atoms with Gasteiger partial charge in [-0.3, -0.25) is 0 Å². The molecule has 5 nitrogen and oxygen atoms in total. The number of alkyl halides is 2. The van der Waals surface area contributed by atoms with Crippen molar-refractivity contribution in [2.24, 2.45) is 5.73 Å². The van der Waals surface area contributed by atoms with E-state index in [0.29, 0.717) is 27.7 Å². The first-order valence-electron chi connectivity index (χ1n) is 9.56. The van der Waals surface area contributed by atoms with Gasteiger partial charge < -0.3 is 10.3 Å². The Morgan fingerprint density at radius 1 is 1.19 bits per heavy atom. The van der Waals surface area contributed by atoms with E-state index in [1.165, 1.54) is 50.5 Å². The normalized spacial score (nSPS) is 13.0. The minimum atomic E-state index is -3.69. The van der Waals surface area contributed by atoms with Gasteiger partial charge in [0.25, 0.3) is 6.43 Å². The first kappa shape index (κ1) is 23.1. The zero-order chi connectivity index (χ0) is 22.9. The molecular formula is C22H24F3N3O2S. The molecule has 0 saturated carbocycles. The molecule has 0 spiro atoms. The van der Waals surface area contributed by atoms with Crippen LogP contribution in [0.2, 0.25) is 0 Å². The summed E-state index contributed by atoms with van der Waals surface area (Å²) in [6.45, 7) is 1.68. The largest absolute Gasteiger partial charge is 0.337 e. The summed E-state index contributed by atoms with van der Waals surface area (Å²) in [5, 5.41) is 0.496. The third kappa shape index (κ3) is 4.39. The number of nitrogens with zero attached hydrogens (tertiary/aromatic N) is 2. The van der Waals surface area contributed by atoms with Crippen molar-refractivity contribution in [1.29, 1.82) is 0 Å². The van der Waals surface area contributed by atoms with E-state index < -0.39 is 22.3 Å². The Kier molecular flexibility index (Phi) is 6.59. The van der Waals surface area contributed by atoms with Crippen LogP contribution in [0.5, 0.6) is 0 Å². The van der Waals surface area contributed by atoms with Gasteiger partial charge in [0, 0.05) is 48.4 Å². The van der Waals surface area contributed by atoms with Crippen LogP contribution in [-0.2, 0) is 16.6 Å². The molecular weight excluding hydrogens is 427 g/mol. The Balaban J connectivity index is 2.30. The highest BCUT2D eigenvalue weighted by Gasteiger charge is 2.22. The third-order valence-corrected chi connectivity index (χ3v) is 6.96. The van der Waals surface area contributed by atoms with Crippen LogP contribution in [0.25, 0.3) is 22.0 Å². The van der Waals surface area contributed by atoms with Crippen molar-refractivity contribution in [2.75, 3.05) is 20.6 Å². The van der Waals surface area contributed by atoms with Crippen LogP contribution < -0.4 is 5.73 Å². The fourth-order valence-electron chi connectivity index (χ4n) is 3.57. The molecule has 31 heavy (non-hydrogen) atoms. The Bertz CT molecular complexity index is 1250. The van der Waals surface area contributed by atoms with E-state index in [1.54, 1.807) is 23.6 Å². The summed E-state index contributed by atoms with van der Waals surface area (Å²) >= 11 is 0. The van der Waals surface area contributed by atoms with Crippen LogP contribution in [0.4, 0.5) is 13.2 Å². The van der Waals surface area contributed by atoms with Crippen LogP contribution in [0.15, 0.2) is 59.3 Å². The van der Waals surface area contributed by atoms with E-state index in [9.17, 15) is 21.6 Å². The van der Waals surface area contributed by atoms with Crippen LogP contribution in [0, 0.1) is 6.92 Å². The summed E-state index contributed by atoms with van der Waals surface area (Å²) in [5.41, 5.74) is 7.54. The quantitative estimate of drug-likeness (QED) is 0.570. The van der Waals surface area contributed by atoms with Gasteiger partial charge in [0.05, 0.1) is 11.4 Å². The van der Waals surface area contributed by atoms with Gasteiger partial charge in [0.15, 0.2) is 0 Å². The monoisotopic (exact) mass is 451 g/mol. The number of hydrogen-bond donors (Lipinski definition) is 1. The topological polar surface area (TPSA) is 68.3 Å². The van der Waals surface area contributed by atoms with Crippen molar-refractivity contribution in [1.82, 2.24) is 8.87 Å². The third-order valence-electron chi connectivity index (χ3n) is 5.15. The fourth-order valence-corrected chi connectivity index (χ4v) is 4.52. The molecule has 0 bridgehead atoms. The van der Waals surface area contributed by atoms with Gasteiger partial charge in [-0.25, -0.2) is 25.9 Å². The number of sulfonamides is 1. The predicted octanol–water partition coefficient (Wildman–Crippen LogP) is 4.62. The van der Waals surface area contributed by atoms with E-state index in [2.05, 4.69) is 0 Å². The van der Waals surface area contributed by atoms with Gasteiger partial charge in [-0.05, 0) is 42.8 Å². The molecule has 2 N–H and O–H groups in total. The van der Waals surface area contributed by atoms with Crippen molar-refractivity contribution < 1.29 is 21.6 Å². The zero-order valence-corrected chi connectivity index (χ0v) is 18.3. The number of allylic oxidation sites excluding steroid dienone is 1. The number of halogens is 3. The minimum Gasteiger partial charge on any atom is -0.337 e. The highest BCUT2D eigenvalue weighted by molar-refractivity contribution is 7.89. The van der Waals surface area contributed by atoms with Crippen LogP contribution in [0.1, 0.15) is 17.7 Å². The molecule has 0 atom stereocenters. The van der Waals surface area contributed by atoms with Crippen molar-refractivity contribution in [3.05, 3.63) is 65.6 Å². The average Bonchev–Trinajstić information content (AvgIpc) is 2.99. The number of nitrogens with two attached hydrogens (primary N) is 1. The first-order valence-corrected chi connectivity index (χ1v) is 11.0. The maximum atomic E-state index is 14.3. The molecule has 0 unspecified atom stereocenters. The standard InChI is InChI=1S/C22H24F3N3O2S/c1-14-21(15-5-4-6-18(11-15)31(29,30)27(2)3)19-12-16(22(24)25)7-8-20(19)28(14)13-17(23)9-10-26/h4-9,11-12,22H,10,13,26H2,1-3H3. The number of fused-ring (bicyclic) bond motifs is 1. The van der Waals surface area contributed by atoms with Gasteiger partial charge in [0.2, 0.25) is 10.0 Å². The van der Waals surface area contributed by atoms with Crippen molar-refractivity contribution in [3.8, 4) is 11.1 Å². The summed E-state index contributed by atoms with van der Waals surface area (Å²) in [6, 6.07) is 10.5. The summed E-state index contributed by atoms with van der Waals surface area (Å²) in [5.74, 6) is -0.448. The summed E-state index contributed by atoms with van der Waals surface area (Å²) in [6.07, 6.45) is -1.42. The Labute approximate surface area is 179 Å². The number of hydrogen-bond acceptors (Lipinski definition) is 3. The molecule has 0 aliphatic carbocycles. The van der Waals surface area contributed by atoms with Gasteiger partial charge in [0.1, 0.15) is 5.83 Å². The molecule has 0 radical (unpaired) electrons. The van der Waals surface area contributed by atoms with Crippen LogP contribution in [-0.4, -0.2) is 37.9 Å². The molecule has 0 saturated heterocycles. The summed E-state index contributed by atoms with van der Waals surface area (Å²) in [7, 11) is -0.829. The SMILES string of the molecule is Cc1c(-c2cccc(S(=O)(=O)N(C)C)c2)c2cc(C(F)F)ccc2n1CC(F)=CCN. The molecule has 1 aromatic heterocycles. The van der Waals surface area contributed by atoms with Gasteiger partial charge in [-0.1, -0.05) is 18.2 Å². The molecule has 3 aromatic rings. The molecule has 166 valence electrons. The maximum absolute atomic E-state index is 14.3. The van der Waals surface area contributed by atoms with Gasteiger partial charge in [-0.2, -0.15) is 0 Å². The highest BCUT2D eigenvalue weighted by Crippen LogP contribution is 2.38. The van der Waals surface area contributed by atoms with Crippen molar-refractivity contribution in [2.45, 2.75) is 24.8 Å².